The first-order chi connectivity index (χ1) is 5.84. The molecule has 0 aliphatic heterocycles. The molecular formula is C10H14NO. The molecule has 0 amide bonds. The number of hydrogen-bond acceptors (Lipinski definition) is 2. The molecule has 1 aromatic carbocycles. The Labute approximate surface area is 73.8 Å². The average molecular weight is 164 g/mol. The summed E-state index contributed by atoms with van der Waals surface area (Å²) in [6, 6.07) is 10.9. The molecule has 0 fully saturated rings. The van der Waals surface area contributed by atoms with Gasteiger partial charge in [-0.15, -0.1) is 0 Å². The lowest BCUT2D eigenvalue weighted by Gasteiger charge is -2.18. The lowest BCUT2D eigenvalue weighted by atomic mass is 10.3. The molecule has 0 atom stereocenters. The van der Waals surface area contributed by atoms with Gasteiger partial charge in [0.1, 0.15) is 0 Å². The zero-order valence-corrected chi connectivity index (χ0v) is 7.58. The van der Waals surface area contributed by atoms with Crippen LogP contribution in [-0.4, -0.2) is 27.3 Å². The van der Waals surface area contributed by atoms with Crippen LogP contribution in [0.1, 0.15) is 0 Å². The van der Waals surface area contributed by atoms with Crippen molar-refractivity contribution in [2.75, 3.05) is 32.2 Å². The maximum absolute atomic E-state index is 4.98. The first kappa shape index (κ1) is 9.07. The maximum Gasteiger partial charge on any atom is 0.0637 e. The lowest BCUT2D eigenvalue weighted by Crippen LogP contribution is -2.21. The van der Waals surface area contributed by atoms with Crippen molar-refractivity contribution < 1.29 is 4.74 Å². The maximum atomic E-state index is 4.98. The number of rotatable bonds is 4. The molecule has 65 valence electrons. The number of methoxy groups -OCH3 is 1. The van der Waals surface area contributed by atoms with Gasteiger partial charge in [-0.3, -0.25) is 0 Å². The summed E-state index contributed by atoms with van der Waals surface area (Å²) in [7, 11) is 3.76. The molecule has 1 aromatic rings. The van der Waals surface area contributed by atoms with Crippen LogP contribution in [0.2, 0.25) is 0 Å². The van der Waals surface area contributed by atoms with E-state index >= 15 is 0 Å². The highest BCUT2D eigenvalue weighted by atomic mass is 16.5. The fourth-order valence-corrected chi connectivity index (χ4v) is 0.990. The summed E-state index contributed by atoms with van der Waals surface area (Å²) in [4.78, 5) is 2.15. The predicted octanol–water partition coefficient (Wildman–Crippen LogP) is 1.57. The summed E-state index contributed by atoms with van der Waals surface area (Å²) in [6.45, 7) is 1.68. The summed E-state index contributed by atoms with van der Waals surface area (Å²) in [5, 5.41) is 0. The first-order valence-corrected chi connectivity index (χ1v) is 4.01. The summed E-state index contributed by atoms with van der Waals surface area (Å²) >= 11 is 0. The minimum Gasteiger partial charge on any atom is -0.383 e. The van der Waals surface area contributed by atoms with E-state index < -0.39 is 0 Å². The van der Waals surface area contributed by atoms with Gasteiger partial charge in [0.05, 0.1) is 6.61 Å². The zero-order chi connectivity index (χ0) is 8.81. The van der Waals surface area contributed by atoms with Crippen LogP contribution in [0.4, 0.5) is 5.69 Å². The summed E-state index contributed by atoms with van der Waals surface area (Å²) in [6.07, 6.45) is 0. The van der Waals surface area contributed by atoms with E-state index in [9.17, 15) is 0 Å². The van der Waals surface area contributed by atoms with Crippen LogP contribution in [0.15, 0.2) is 24.3 Å². The molecule has 0 aliphatic carbocycles. The first-order valence-electron chi connectivity index (χ1n) is 4.01. The van der Waals surface area contributed by atoms with Crippen molar-refractivity contribution in [2.24, 2.45) is 0 Å². The number of benzene rings is 1. The van der Waals surface area contributed by atoms with Crippen molar-refractivity contribution >= 4 is 5.69 Å². The number of hydrogen-bond donors (Lipinski definition) is 0. The monoisotopic (exact) mass is 164 g/mol. The van der Waals surface area contributed by atoms with Crippen molar-refractivity contribution in [1.29, 1.82) is 0 Å². The minimum atomic E-state index is 0.759. The molecule has 0 N–H and O–H groups in total. The second-order valence-corrected chi connectivity index (χ2v) is 2.67. The molecule has 2 heteroatoms. The average Bonchev–Trinajstić information content (AvgIpc) is 2.15. The highest BCUT2D eigenvalue weighted by molar-refractivity contribution is 5.44. The molecule has 0 bridgehead atoms. The SMILES string of the molecule is COCCN(C)c1cc[c]cc1. The summed E-state index contributed by atoms with van der Waals surface area (Å²) < 4.78 is 4.98. The van der Waals surface area contributed by atoms with Gasteiger partial charge in [-0.05, 0) is 18.2 Å². The van der Waals surface area contributed by atoms with E-state index in [-0.39, 0.29) is 0 Å². The van der Waals surface area contributed by atoms with Crippen LogP contribution < -0.4 is 4.90 Å². The van der Waals surface area contributed by atoms with Gasteiger partial charge >= 0.3 is 0 Å². The minimum absolute atomic E-state index is 0.759. The van der Waals surface area contributed by atoms with Crippen LogP contribution in [0, 0.1) is 6.07 Å². The Kier molecular flexibility index (Phi) is 3.61. The van der Waals surface area contributed by atoms with Gasteiger partial charge < -0.3 is 9.64 Å². The smallest absolute Gasteiger partial charge is 0.0637 e. The van der Waals surface area contributed by atoms with Crippen molar-refractivity contribution in [2.45, 2.75) is 0 Å². The zero-order valence-electron chi connectivity index (χ0n) is 7.58. The van der Waals surface area contributed by atoms with E-state index in [0.29, 0.717) is 0 Å². The molecule has 0 heterocycles. The highest BCUT2D eigenvalue weighted by Crippen LogP contribution is 2.09. The largest absolute Gasteiger partial charge is 0.383 e. The van der Waals surface area contributed by atoms with Gasteiger partial charge in [0.15, 0.2) is 0 Å². The summed E-state index contributed by atoms with van der Waals surface area (Å²) in [5.41, 5.74) is 1.20. The Morgan fingerprint density at radius 1 is 1.42 bits per heavy atom. The Morgan fingerprint density at radius 2 is 2.08 bits per heavy atom. The predicted molar refractivity (Wildman–Crippen MR) is 50.4 cm³/mol. The Balaban J connectivity index is 2.48. The molecule has 0 spiro atoms. The third kappa shape index (κ3) is 2.55. The molecule has 1 radical (unpaired) electrons. The van der Waals surface area contributed by atoms with Gasteiger partial charge in [-0.25, -0.2) is 0 Å². The van der Waals surface area contributed by atoms with Crippen LogP contribution in [0.3, 0.4) is 0 Å². The molecule has 0 aliphatic rings. The topological polar surface area (TPSA) is 12.5 Å². The Hall–Kier alpha value is -1.02. The van der Waals surface area contributed by atoms with Crippen molar-refractivity contribution in [3.63, 3.8) is 0 Å². The van der Waals surface area contributed by atoms with E-state index in [0.717, 1.165) is 13.2 Å². The van der Waals surface area contributed by atoms with Crippen LogP contribution >= 0.6 is 0 Å². The Morgan fingerprint density at radius 3 is 2.67 bits per heavy atom. The molecule has 0 aromatic heterocycles. The normalized spacial score (nSPS) is 9.83. The van der Waals surface area contributed by atoms with E-state index in [1.807, 2.05) is 31.3 Å². The molecule has 0 saturated heterocycles. The number of anilines is 1. The van der Waals surface area contributed by atoms with Gasteiger partial charge in [0.25, 0.3) is 0 Å². The molecule has 2 nitrogen and oxygen atoms in total. The second kappa shape index (κ2) is 4.78. The van der Waals surface area contributed by atoms with E-state index in [4.69, 9.17) is 4.74 Å². The van der Waals surface area contributed by atoms with Gasteiger partial charge in [0.2, 0.25) is 0 Å². The second-order valence-electron chi connectivity index (χ2n) is 2.67. The molecule has 1 rings (SSSR count). The van der Waals surface area contributed by atoms with E-state index in [1.54, 1.807) is 7.11 Å². The number of likely N-dealkylation sites (N-methyl/N-ethyl adjacent to an activating group) is 1. The Bertz CT molecular complexity index is 210. The van der Waals surface area contributed by atoms with Crippen molar-refractivity contribution in [3.05, 3.63) is 30.3 Å². The third-order valence-electron chi connectivity index (χ3n) is 1.77. The summed E-state index contributed by atoms with van der Waals surface area (Å²) in [5.74, 6) is 0. The molecule has 0 unspecified atom stereocenters. The van der Waals surface area contributed by atoms with Gasteiger partial charge in [-0.2, -0.15) is 0 Å². The van der Waals surface area contributed by atoms with Gasteiger partial charge in [-0.1, -0.05) is 12.1 Å². The highest BCUT2D eigenvalue weighted by Gasteiger charge is 1.97. The van der Waals surface area contributed by atoms with Crippen LogP contribution in [0.5, 0.6) is 0 Å². The standard InChI is InChI=1S/C10H14NO/c1-11(8-9-12-2)10-6-4-3-5-7-10/h4-7H,8-9H2,1-2H3. The van der Waals surface area contributed by atoms with E-state index in [1.165, 1.54) is 5.69 Å². The number of ether oxygens (including phenoxy) is 1. The van der Waals surface area contributed by atoms with Crippen molar-refractivity contribution in [1.82, 2.24) is 0 Å². The van der Waals surface area contributed by atoms with Crippen molar-refractivity contribution in [3.8, 4) is 0 Å². The quantitative estimate of drug-likeness (QED) is 0.669. The van der Waals surface area contributed by atoms with E-state index in [2.05, 4.69) is 11.0 Å². The molecule has 0 saturated carbocycles. The third-order valence-corrected chi connectivity index (χ3v) is 1.77. The number of nitrogens with zero attached hydrogens (tertiary/aromatic N) is 1. The van der Waals surface area contributed by atoms with Gasteiger partial charge in [0, 0.05) is 26.4 Å². The lowest BCUT2D eigenvalue weighted by molar-refractivity contribution is 0.206. The fourth-order valence-electron chi connectivity index (χ4n) is 0.990. The fraction of sp³-hybridized carbons (Fsp3) is 0.400. The van der Waals surface area contributed by atoms with Crippen LogP contribution in [-0.2, 0) is 4.74 Å². The van der Waals surface area contributed by atoms with Crippen LogP contribution in [0.25, 0.3) is 0 Å². The molecule has 12 heavy (non-hydrogen) atoms. The molecular weight excluding hydrogens is 150 g/mol.